The van der Waals surface area contributed by atoms with Gasteiger partial charge in [-0.25, -0.2) is 0 Å². The van der Waals surface area contributed by atoms with Crippen LogP contribution >= 0.6 is 0 Å². The molecule has 20 heavy (non-hydrogen) atoms. The van der Waals surface area contributed by atoms with Gasteiger partial charge in [-0.3, -0.25) is 4.79 Å². The highest BCUT2D eigenvalue weighted by Crippen LogP contribution is 2.23. The average molecular weight is 276 g/mol. The normalized spacial score (nSPS) is 18.3. The average Bonchev–Trinajstić information content (AvgIpc) is 2.95. The third-order valence-electron chi connectivity index (χ3n) is 3.75. The number of carbonyl (C=O) groups excluding carboxylic acids is 1. The molecule has 110 valence electrons. The van der Waals surface area contributed by atoms with Crippen LogP contribution in [0.4, 0.5) is 11.4 Å². The summed E-state index contributed by atoms with van der Waals surface area (Å²) in [5.74, 6) is 0.0974. The number of rotatable bonds is 6. The van der Waals surface area contributed by atoms with Crippen molar-refractivity contribution in [1.82, 2.24) is 0 Å². The van der Waals surface area contributed by atoms with Crippen molar-refractivity contribution in [2.45, 2.75) is 38.7 Å². The SMILES string of the molecule is CCCCC(=O)Nc1ccc(N2CC[C@H](OC)C2)cc1. The van der Waals surface area contributed by atoms with Crippen molar-refractivity contribution in [3.63, 3.8) is 0 Å². The lowest BCUT2D eigenvalue weighted by molar-refractivity contribution is -0.116. The highest BCUT2D eigenvalue weighted by atomic mass is 16.5. The number of hydrogen-bond acceptors (Lipinski definition) is 3. The Kier molecular flexibility index (Phi) is 5.41. The molecule has 0 aliphatic carbocycles. The summed E-state index contributed by atoms with van der Waals surface area (Å²) in [6, 6.07) is 8.07. The molecular formula is C16H24N2O2. The lowest BCUT2D eigenvalue weighted by atomic mass is 10.2. The predicted octanol–water partition coefficient (Wildman–Crippen LogP) is 3.04. The Hall–Kier alpha value is -1.55. The second kappa shape index (κ2) is 7.29. The number of amides is 1. The number of benzene rings is 1. The van der Waals surface area contributed by atoms with Gasteiger partial charge in [-0.2, -0.15) is 0 Å². The van der Waals surface area contributed by atoms with Gasteiger partial charge in [0.05, 0.1) is 6.10 Å². The Morgan fingerprint density at radius 1 is 1.40 bits per heavy atom. The largest absolute Gasteiger partial charge is 0.380 e. The summed E-state index contributed by atoms with van der Waals surface area (Å²) >= 11 is 0. The lowest BCUT2D eigenvalue weighted by Crippen LogP contribution is -2.22. The van der Waals surface area contributed by atoms with Gasteiger partial charge in [0.1, 0.15) is 0 Å². The number of unbranched alkanes of at least 4 members (excludes halogenated alkanes) is 1. The van der Waals surface area contributed by atoms with Crippen LogP contribution in [0.25, 0.3) is 0 Å². The maximum Gasteiger partial charge on any atom is 0.224 e. The number of ether oxygens (including phenoxy) is 1. The van der Waals surface area contributed by atoms with E-state index in [2.05, 4.69) is 29.3 Å². The van der Waals surface area contributed by atoms with Gasteiger partial charge in [0.2, 0.25) is 5.91 Å². The van der Waals surface area contributed by atoms with Gasteiger partial charge in [-0.05, 0) is 37.1 Å². The second-order valence-electron chi connectivity index (χ2n) is 5.29. The maximum atomic E-state index is 11.7. The fourth-order valence-electron chi connectivity index (χ4n) is 2.47. The minimum absolute atomic E-state index is 0.0974. The smallest absolute Gasteiger partial charge is 0.224 e. The molecule has 0 spiro atoms. The van der Waals surface area contributed by atoms with E-state index >= 15 is 0 Å². The van der Waals surface area contributed by atoms with Crippen molar-refractivity contribution in [2.24, 2.45) is 0 Å². The minimum atomic E-state index is 0.0974. The molecule has 1 amide bonds. The van der Waals surface area contributed by atoms with Gasteiger partial charge in [0.15, 0.2) is 0 Å². The number of nitrogens with one attached hydrogen (secondary N) is 1. The zero-order valence-electron chi connectivity index (χ0n) is 12.4. The molecule has 1 fully saturated rings. The second-order valence-corrected chi connectivity index (χ2v) is 5.29. The summed E-state index contributed by atoms with van der Waals surface area (Å²) in [4.78, 5) is 14.0. The Morgan fingerprint density at radius 3 is 2.75 bits per heavy atom. The molecule has 4 nitrogen and oxygen atoms in total. The van der Waals surface area contributed by atoms with Crippen LogP contribution in [0.3, 0.4) is 0 Å². The summed E-state index contributed by atoms with van der Waals surface area (Å²) in [5, 5.41) is 2.93. The monoisotopic (exact) mass is 276 g/mol. The molecule has 0 radical (unpaired) electrons. The molecule has 1 aromatic rings. The van der Waals surface area contributed by atoms with Crippen LogP contribution in [0, 0.1) is 0 Å². The van der Waals surface area contributed by atoms with E-state index in [0.717, 1.165) is 38.0 Å². The molecule has 2 rings (SSSR count). The lowest BCUT2D eigenvalue weighted by Gasteiger charge is -2.18. The van der Waals surface area contributed by atoms with E-state index in [-0.39, 0.29) is 5.91 Å². The van der Waals surface area contributed by atoms with Crippen LogP contribution in [-0.2, 0) is 9.53 Å². The summed E-state index contributed by atoms with van der Waals surface area (Å²) in [7, 11) is 1.77. The van der Waals surface area contributed by atoms with Crippen molar-refractivity contribution in [3.8, 4) is 0 Å². The first-order valence-electron chi connectivity index (χ1n) is 7.40. The third kappa shape index (κ3) is 3.97. The van der Waals surface area contributed by atoms with Crippen LogP contribution < -0.4 is 10.2 Å². The molecule has 1 atom stereocenters. The first-order chi connectivity index (χ1) is 9.72. The van der Waals surface area contributed by atoms with Gasteiger partial charge in [0, 0.05) is 38.0 Å². The summed E-state index contributed by atoms with van der Waals surface area (Å²) < 4.78 is 5.38. The molecule has 1 saturated heterocycles. The first-order valence-corrected chi connectivity index (χ1v) is 7.40. The molecular weight excluding hydrogens is 252 g/mol. The Morgan fingerprint density at radius 2 is 2.15 bits per heavy atom. The molecule has 1 aromatic carbocycles. The standard InChI is InChI=1S/C16H24N2O2/c1-3-4-5-16(19)17-13-6-8-14(9-7-13)18-11-10-15(12-18)20-2/h6-9,15H,3-5,10-12H2,1-2H3,(H,17,19)/t15-/m0/s1. The van der Waals surface area contributed by atoms with E-state index in [1.165, 1.54) is 5.69 Å². The Balaban J connectivity index is 1.88. The quantitative estimate of drug-likeness (QED) is 0.868. The third-order valence-corrected chi connectivity index (χ3v) is 3.75. The summed E-state index contributed by atoms with van der Waals surface area (Å²) in [5.41, 5.74) is 2.06. The molecule has 4 heteroatoms. The van der Waals surface area contributed by atoms with Crippen molar-refractivity contribution in [2.75, 3.05) is 30.4 Å². The topological polar surface area (TPSA) is 41.6 Å². The predicted molar refractivity (Wildman–Crippen MR) is 82.2 cm³/mol. The fraction of sp³-hybridized carbons (Fsp3) is 0.562. The van der Waals surface area contributed by atoms with E-state index in [1.807, 2.05) is 12.1 Å². The molecule has 1 heterocycles. The Bertz CT molecular complexity index is 431. The van der Waals surface area contributed by atoms with Crippen molar-refractivity contribution >= 4 is 17.3 Å². The van der Waals surface area contributed by atoms with E-state index in [4.69, 9.17) is 4.74 Å². The van der Waals surface area contributed by atoms with Gasteiger partial charge in [-0.1, -0.05) is 13.3 Å². The Labute approximate surface area is 121 Å². The zero-order valence-corrected chi connectivity index (χ0v) is 12.4. The number of carbonyl (C=O) groups is 1. The van der Waals surface area contributed by atoms with Gasteiger partial charge in [-0.15, -0.1) is 0 Å². The minimum Gasteiger partial charge on any atom is -0.380 e. The summed E-state index contributed by atoms with van der Waals surface area (Å²) in [6.07, 6.45) is 3.99. The highest BCUT2D eigenvalue weighted by Gasteiger charge is 2.21. The number of methoxy groups -OCH3 is 1. The van der Waals surface area contributed by atoms with Crippen LogP contribution in [0.1, 0.15) is 32.6 Å². The molecule has 0 unspecified atom stereocenters. The highest BCUT2D eigenvalue weighted by molar-refractivity contribution is 5.90. The number of anilines is 2. The molecule has 0 saturated carbocycles. The van der Waals surface area contributed by atoms with Crippen LogP contribution in [0.5, 0.6) is 0 Å². The number of nitrogens with zero attached hydrogens (tertiary/aromatic N) is 1. The van der Waals surface area contributed by atoms with Crippen molar-refractivity contribution < 1.29 is 9.53 Å². The van der Waals surface area contributed by atoms with Crippen LogP contribution in [-0.4, -0.2) is 32.2 Å². The molecule has 1 N–H and O–H groups in total. The zero-order chi connectivity index (χ0) is 14.4. The fourth-order valence-corrected chi connectivity index (χ4v) is 2.47. The van der Waals surface area contributed by atoms with Gasteiger partial charge < -0.3 is 15.0 Å². The van der Waals surface area contributed by atoms with E-state index in [0.29, 0.717) is 12.5 Å². The van der Waals surface area contributed by atoms with Gasteiger partial charge >= 0.3 is 0 Å². The van der Waals surface area contributed by atoms with Crippen molar-refractivity contribution in [1.29, 1.82) is 0 Å². The van der Waals surface area contributed by atoms with E-state index in [1.54, 1.807) is 7.11 Å². The van der Waals surface area contributed by atoms with Crippen LogP contribution in [0.15, 0.2) is 24.3 Å². The molecule has 0 aromatic heterocycles. The van der Waals surface area contributed by atoms with Crippen molar-refractivity contribution in [3.05, 3.63) is 24.3 Å². The molecule has 1 aliphatic heterocycles. The summed E-state index contributed by atoms with van der Waals surface area (Å²) in [6.45, 7) is 4.06. The first kappa shape index (κ1) is 14.9. The van der Waals surface area contributed by atoms with Crippen LogP contribution in [0.2, 0.25) is 0 Å². The van der Waals surface area contributed by atoms with Gasteiger partial charge in [0.25, 0.3) is 0 Å². The van der Waals surface area contributed by atoms with E-state index in [9.17, 15) is 4.79 Å². The molecule has 0 bridgehead atoms. The number of hydrogen-bond donors (Lipinski definition) is 1. The van der Waals surface area contributed by atoms with E-state index < -0.39 is 0 Å². The molecule has 1 aliphatic rings. The maximum absolute atomic E-state index is 11.7.